The van der Waals surface area contributed by atoms with E-state index in [-0.39, 0.29) is 0 Å². The lowest BCUT2D eigenvalue weighted by molar-refractivity contribution is -0.118. The normalized spacial score (nSPS) is 16.6. The zero-order valence-electron chi connectivity index (χ0n) is 15.9. The van der Waals surface area contributed by atoms with E-state index in [0.717, 1.165) is 5.56 Å². The predicted octanol–water partition coefficient (Wildman–Crippen LogP) is 2.85. The number of aliphatic hydroxyl groups is 1. The summed E-state index contributed by atoms with van der Waals surface area (Å²) in [4.78, 5) is 1.70. The minimum absolute atomic E-state index is 0.301. The van der Waals surface area contributed by atoms with Crippen LogP contribution in [0.5, 0.6) is 11.5 Å². The smallest absolute Gasteiger partial charge is 0.289 e. The number of hydrogen-bond acceptors (Lipinski definition) is 5. The summed E-state index contributed by atoms with van der Waals surface area (Å²) in [5.41, 5.74) is 1.36. The van der Waals surface area contributed by atoms with Gasteiger partial charge in [-0.15, -0.1) is 0 Å². The molecule has 2 N–H and O–H groups in total. The lowest BCUT2D eigenvalue weighted by Crippen LogP contribution is -2.51. The molecule has 7 heteroatoms. The SMILES string of the molecule is COc1ccc([C@@H](N2CCNCC2)C(F)(F)CO)cc1OCc1ccccc1. The molecule has 0 aromatic heterocycles. The molecule has 28 heavy (non-hydrogen) atoms. The Morgan fingerprint density at radius 2 is 1.82 bits per heavy atom. The van der Waals surface area contributed by atoms with Gasteiger partial charge >= 0.3 is 0 Å². The maximum atomic E-state index is 14.7. The first-order valence-electron chi connectivity index (χ1n) is 9.33. The van der Waals surface area contributed by atoms with Crippen molar-refractivity contribution in [3.63, 3.8) is 0 Å². The molecule has 1 aliphatic heterocycles. The zero-order valence-corrected chi connectivity index (χ0v) is 15.9. The Labute approximate surface area is 163 Å². The Morgan fingerprint density at radius 1 is 1.11 bits per heavy atom. The largest absolute Gasteiger partial charge is 0.493 e. The number of halogens is 2. The van der Waals surface area contributed by atoms with Crippen LogP contribution in [0.1, 0.15) is 17.2 Å². The van der Waals surface area contributed by atoms with Crippen molar-refractivity contribution in [2.75, 3.05) is 39.9 Å². The monoisotopic (exact) mass is 392 g/mol. The van der Waals surface area contributed by atoms with Crippen molar-refractivity contribution >= 4 is 0 Å². The minimum Gasteiger partial charge on any atom is -0.493 e. The van der Waals surface area contributed by atoms with Crippen molar-refractivity contribution in [1.29, 1.82) is 0 Å². The number of benzene rings is 2. The number of piperazine rings is 1. The van der Waals surface area contributed by atoms with Gasteiger partial charge in [0.15, 0.2) is 11.5 Å². The standard InChI is InChI=1S/C21H26F2N2O3/c1-27-18-8-7-17(13-19(18)28-14-16-5-3-2-4-6-16)20(21(22,23)15-26)25-11-9-24-10-12-25/h2-8,13,20,24,26H,9-12,14-15H2,1H3/t20-/m1/s1. The molecule has 0 spiro atoms. The Balaban J connectivity index is 1.89. The second-order valence-corrected chi connectivity index (χ2v) is 6.79. The molecule has 1 fully saturated rings. The number of alkyl halides is 2. The number of rotatable bonds is 8. The van der Waals surface area contributed by atoms with E-state index in [1.807, 2.05) is 30.3 Å². The zero-order chi connectivity index (χ0) is 20.0. The van der Waals surface area contributed by atoms with Crippen molar-refractivity contribution in [1.82, 2.24) is 10.2 Å². The van der Waals surface area contributed by atoms with Gasteiger partial charge in [0.25, 0.3) is 5.92 Å². The summed E-state index contributed by atoms with van der Waals surface area (Å²) in [6, 6.07) is 13.2. The van der Waals surface area contributed by atoms with E-state index in [2.05, 4.69) is 5.32 Å². The van der Waals surface area contributed by atoms with Gasteiger partial charge in [-0.05, 0) is 23.3 Å². The number of nitrogens with zero attached hydrogens (tertiary/aromatic N) is 1. The molecule has 1 saturated heterocycles. The number of hydrogen-bond donors (Lipinski definition) is 2. The Morgan fingerprint density at radius 3 is 2.46 bits per heavy atom. The van der Waals surface area contributed by atoms with Crippen LogP contribution in [0.4, 0.5) is 8.78 Å². The molecule has 0 radical (unpaired) electrons. The fraction of sp³-hybridized carbons (Fsp3) is 0.429. The summed E-state index contributed by atoms with van der Waals surface area (Å²) < 4.78 is 40.6. The van der Waals surface area contributed by atoms with Crippen molar-refractivity contribution < 1.29 is 23.4 Å². The van der Waals surface area contributed by atoms with Crippen molar-refractivity contribution in [3.8, 4) is 11.5 Å². The highest BCUT2D eigenvalue weighted by molar-refractivity contribution is 5.44. The Hall–Kier alpha value is -2.22. The summed E-state index contributed by atoms with van der Waals surface area (Å²) in [5.74, 6) is -2.40. The molecule has 152 valence electrons. The minimum atomic E-state index is -3.28. The van der Waals surface area contributed by atoms with E-state index >= 15 is 0 Å². The molecule has 0 unspecified atom stereocenters. The third-order valence-corrected chi connectivity index (χ3v) is 4.87. The van der Waals surface area contributed by atoms with Crippen LogP contribution in [0.3, 0.4) is 0 Å². The first kappa shape index (κ1) is 20.5. The van der Waals surface area contributed by atoms with E-state index in [0.29, 0.717) is 49.8 Å². The molecule has 1 heterocycles. The summed E-state index contributed by atoms with van der Waals surface area (Å²) in [7, 11) is 1.51. The molecule has 0 aliphatic carbocycles. The van der Waals surface area contributed by atoms with Gasteiger partial charge in [-0.1, -0.05) is 36.4 Å². The Bertz CT molecular complexity index is 753. The average molecular weight is 392 g/mol. The third-order valence-electron chi connectivity index (χ3n) is 4.87. The van der Waals surface area contributed by atoms with Gasteiger partial charge in [0.1, 0.15) is 19.3 Å². The fourth-order valence-corrected chi connectivity index (χ4v) is 3.46. The van der Waals surface area contributed by atoms with Crippen LogP contribution < -0.4 is 14.8 Å². The quantitative estimate of drug-likeness (QED) is 0.724. The van der Waals surface area contributed by atoms with Crippen LogP contribution in [0, 0.1) is 0 Å². The van der Waals surface area contributed by atoms with Gasteiger partial charge in [-0.3, -0.25) is 4.90 Å². The number of ether oxygens (including phenoxy) is 2. The molecule has 1 aliphatic rings. The molecule has 3 rings (SSSR count). The first-order valence-corrected chi connectivity index (χ1v) is 9.33. The highest BCUT2D eigenvalue weighted by atomic mass is 19.3. The number of aliphatic hydroxyl groups excluding tert-OH is 1. The summed E-state index contributed by atoms with van der Waals surface area (Å²) >= 11 is 0. The average Bonchev–Trinajstić information content (AvgIpc) is 2.74. The molecule has 0 bridgehead atoms. The van der Waals surface area contributed by atoms with E-state index in [4.69, 9.17) is 9.47 Å². The molecular formula is C21H26F2N2O3. The van der Waals surface area contributed by atoms with Crippen LogP contribution in [0.2, 0.25) is 0 Å². The highest BCUT2D eigenvalue weighted by Crippen LogP contribution is 2.40. The van der Waals surface area contributed by atoms with Gasteiger partial charge in [-0.2, -0.15) is 0 Å². The van der Waals surface area contributed by atoms with Crippen LogP contribution in [-0.2, 0) is 6.61 Å². The van der Waals surface area contributed by atoms with E-state index < -0.39 is 18.6 Å². The van der Waals surface area contributed by atoms with Crippen LogP contribution >= 0.6 is 0 Å². The van der Waals surface area contributed by atoms with Crippen LogP contribution in [-0.4, -0.2) is 55.8 Å². The fourth-order valence-electron chi connectivity index (χ4n) is 3.46. The third kappa shape index (κ3) is 4.79. The lowest BCUT2D eigenvalue weighted by Gasteiger charge is -2.38. The van der Waals surface area contributed by atoms with E-state index in [9.17, 15) is 13.9 Å². The van der Waals surface area contributed by atoms with Crippen molar-refractivity contribution in [3.05, 3.63) is 59.7 Å². The van der Waals surface area contributed by atoms with Gasteiger partial charge in [0.05, 0.1) is 7.11 Å². The maximum Gasteiger partial charge on any atom is 0.289 e. The predicted molar refractivity (Wildman–Crippen MR) is 103 cm³/mol. The van der Waals surface area contributed by atoms with Crippen molar-refractivity contribution in [2.24, 2.45) is 0 Å². The molecular weight excluding hydrogens is 366 g/mol. The van der Waals surface area contributed by atoms with Gasteiger partial charge < -0.3 is 19.9 Å². The summed E-state index contributed by atoms with van der Waals surface area (Å²) in [5, 5.41) is 12.5. The van der Waals surface area contributed by atoms with Crippen LogP contribution in [0.15, 0.2) is 48.5 Å². The molecule has 0 saturated carbocycles. The Kier molecular flexibility index (Phi) is 6.83. The van der Waals surface area contributed by atoms with Gasteiger partial charge in [0, 0.05) is 26.2 Å². The molecule has 5 nitrogen and oxygen atoms in total. The van der Waals surface area contributed by atoms with Gasteiger partial charge in [0.2, 0.25) is 0 Å². The number of methoxy groups -OCH3 is 1. The summed E-state index contributed by atoms with van der Waals surface area (Å²) in [6.45, 7) is 1.30. The molecule has 0 amide bonds. The maximum absolute atomic E-state index is 14.7. The topological polar surface area (TPSA) is 54.0 Å². The molecule has 2 aromatic rings. The van der Waals surface area contributed by atoms with Crippen LogP contribution in [0.25, 0.3) is 0 Å². The van der Waals surface area contributed by atoms with Crippen molar-refractivity contribution in [2.45, 2.75) is 18.6 Å². The highest BCUT2D eigenvalue weighted by Gasteiger charge is 2.44. The van der Waals surface area contributed by atoms with Gasteiger partial charge in [-0.25, -0.2) is 8.78 Å². The molecule has 2 aromatic carbocycles. The first-order chi connectivity index (χ1) is 13.5. The second kappa shape index (κ2) is 9.32. The summed E-state index contributed by atoms with van der Waals surface area (Å²) in [6.07, 6.45) is 0. The van der Waals surface area contributed by atoms with E-state index in [1.54, 1.807) is 23.1 Å². The van der Waals surface area contributed by atoms with E-state index in [1.165, 1.54) is 7.11 Å². The second-order valence-electron chi connectivity index (χ2n) is 6.79. The lowest BCUT2D eigenvalue weighted by atomic mass is 9.97. The molecule has 1 atom stereocenters. The number of nitrogens with one attached hydrogen (secondary N) is 1.